The van der Waals surface area contributed by atoms with E-state index in [1.165, 1.54) is 19.1 Å². The molecule has 1 rings (SSSR count). The molecule has 8 heteroatoms. The van der Waals surface area contributed by atoms with E-state index in [2.05, 4.69) is 0 Å². The van der Waals surface area contributed by atoms with Crippen molar-refractivity contribution in [2.75, 3.05) is 19.0 Å². The number of hydrogen-bond acceptors (Lipinski definition) is 6. The van der Waals surface area contributed by atoms with Crippen LogP contribution in [0.2, 0.25) is 0 Å². The van der Waals surface area contributed by atoms with Crippen LogP contribution in [0, 0.1) is 10.1 Å². The fraction of sp³-hybridized carbons (Fsp3) is 0.556. The zero-order valence-corrected chi connectivity index (χ0v) is 16.3. The number of nitro groups is 1. The number of rotatable bonds is 7. The van der Waals surface area contributed by atoms with Crippen molar-refractivity contribution in [3.05, 3.63) is 33.9 Å². The molecular weight excluding hydrogens is 338 g/mol. The van der Waals surface area contributed by atoms with E-state index < -0.39 is 17.0 Å². The summed E-state index contributed by atoms with van der Waals surface area (Å²) in [6.07, 6.45) is -0.986. The van der Waals surface area contributed by atoms with Crippen LogP contribution in [0.5, 0.6) is 0 Å². The first kappa shape index (κ1) is 21.4. The zero-order chi connectivity index (χ0) is 20.2. The summed E-state index contributed by atoms with van der Waals surface area (Å²) in [5.74, 6) is -1.07. The molecule has 8 nitrogen and oxygen atoms in total. The Kier molecular flexibility index (Phi) is 7.11. The largest absolute Gasteiger partial charge is 0.449 e. The van der Waals surface area contributed by atoms with Gasteiger partial charge in [0.15, 0.2) is 6.10 Å². The van der Waals surface area contributed by atoms with Crippen molar-refractivity contribution in [3.8, 4) is 0 Å². The van der Waals surface area contributed by atoms with Gasteiger partial charge in [0, 0.05) is 32.2 Å². The first-order valence-corrected chi connectivity index (χ1v) is 8.46. The average molecular weight is 365 g/mol. The molecule has 1 aromatic carbocycles. The summed E-state index contributed by atoms with van der Waals surface area (Å²) in [5, 5.41) is 11.2. The number of esters is 1. The molecule has 0 aliphatic heterocycles. The van der Waals surface area contributed by atoms with Gasteiger partial charge in [-0.25, -0.2) is 4.79 Å². The monoisotopic (exact) mass is 365 g/mol. The van der Waals surface area contributed by atoms with Gasteiger partial charge in [0.25, 0.3) is 11.6 Å². The van der Waals surface area contributed by atoms with Gasteiger partial charge < -0.3 is 14.5 Å². The van der Waals surface area contributed by atoms with Crippen LogP contribution in [-0.4, -0.2) is 54.0 Å². The predicted molar refractivity (Wildman–Crippen MR) is 99.4 cm³/mol. The van der Waals surface area contributed by atoms with E-state index in [0.717, 1.165) is 6.07 Å². The SMILES string of the molecule is CC(C)N(C(=O)[C@H](C)OC(=O)c1ccc(N(C)C)c([N+](=O)[O-])c1)C(C)C. The Balaban J connectivity index is 3.02. The van der Waals surface area contributed by atoms with Crippen LogP contribution in [0.25, 0.3) is 0 Å². The van der Waals surface area contributed by atoms with Crippen LogP contribution in [0.4, 0.5) is 11.4 Å². The zero-order valence-electron chi connectivity index (χ0n) is 16.3. The summed E-state index contributed by atoms with van der Waals surface area (Å²) in [4.78, 5) is 38.8. The summed E-state index contributed by atoms with van der Waals surface area (Å²) < 4.78 is 5.25. The highest BCUT2D eigenvalue weighted by atomic mass is 16.6. The van der Waals surface area contributed by atoms with E-state index in [-0.39, 0.29) is 29.2 Å². The fourth-order valence-electron chi connectivity index (χ4n) is 2.77. The van der Waals surface area contributed by atoms with Crippen molar-refractivity contribution in [3.63, 3.8) is 0 Å². The van der Waals surface area contributed by atoms with Gasteiger partial charge in [0.2, 0.25) is 0 Å². The minimum atomic E-state index is -0.986. The molecule has 26 heavy (non-hydrogen) atoms. The lowest BCUT2D eigenvalue weighted by molar-refractivity contribution is -0.384. The Hall–Kier alpha value is -2.64. The van der Waals surface area contributed by atoms with E-state index in [0.29, 0.717) is 5.69 Å². The van der Waals surface area contributed by atoms with Gasteiger partial charge in [-0.1, -0.05) is 0 Å². The Morgan fingerprint density at radius 3 is 2.04 bits per heavy atom. The summed E-state index contributed by atoms with van der Waals surface area (Å²) in [6.45, 7) is 9.04. The molecule has 0 unspecified atom stereocenters. The number of amides is 1. The van der Waals surface area contributed by atoms with Gasteiger partial charge in [-0.2, -0.15) is 0 Å². The Bertz CT molecular complexity index is 677. The van der Waals surface area contributed by atoms with Gasteiger partial charge in [-0.15, -0.1) is 0 Å². The Morgan fingerprint density at radius 2 is 1.62 bits per heavy atom. The van der Waals surface area contributed by atoms with E-state index in [4.69, 9.17) is 4.74 Å². The number of nitro benzene ring substituents is 1. The first-order chi connectivity index (χ1) is 12.0. The third-order valence-corrected chi connectivity index (χ3v) is 3.89. The van der Waals surface area contributed by atoms with Gasteiger partial charge >= 0.3 is 5.97 Å². The molecule has 0 aliphatic rings. The van der Waals surface area contributed by atoms with Crippen LogP contribution in [0.15, 0.2) is 18.2 Å². The number of hydrogen-bond donors (Lipinski definition) is 0. The van der Waals surface area contributed by atoms with E-state index in [9.17, 15) is 19.7 Å². The fourth-order valence-corrected chi connectivity index (χ4v) is 2.77. The molecule has 1 atom stereocenters. The van der Waals surface area contributed by atoms with Crippen molar-refractivity contribution in [2.45, 2.75) is 52.8 Å². The van der Waals surface area contributed by atoms with Crippen LogP contribution < -0.4 is 4.90 Å². The molecule has 0 saturated heterocycles. The van der Waals surface area contributed by atoms with Crippen LogP contribution in [0.3, 0.4) is 0 Å². The average Bonchev–Trinajstić information content (AvgIpc) is 2.53. The molecule has 0 aromatic heterocycles. The van der Waals surface area contributed by atoms with Crippen molar-refractivity contribution in [1.82, 2.24) is 4.90 Å². The van der Waals surface area contributed by atoms with E-state index in [1.54, 1.807) is 23.9 Å². The number of ether oxygens (including phenoxy) is 1. The second kappa shape index (κ2) is 8.64. The normalized spacial score (nSPS) is 12.0. The molecule has 0 fully saturated rings. The maximum absolute atomic E-state index is 12.5. The smallest absolute Gasteiger partial charge is 0.339 e. The molecule has 1 amide bonds. The number of anilines is 1. The van der Waals surface area contributed by atoms with Crippen molar-refractivity contribution >= 4 is 23.3 Å². The standard InChI is InChI=1S/C18H27N3O5/c1-11(2)20(12(3)4)17(22)13(5)26-18(23)14-8-9-15(19(6)7)16(10-14)21(24)25/h8-13H,1-7H3/t13-/m0/s1. The van der Waals surface area contributed by atoms with Gasteiger partial charge in [-0.05, 0) is 46.8 Å². The minimum Gasteiger partial charge on any atom is -0.449 e. The van der Waals surface area contributed by atoms with Gasteiger partial charge in [-0.3, -0.25) is 14.9 Å². The van der Waals surface area contributed by atoms with Crippen molar-refractivity contribution < 1.29 is 19.2 Å². The summed E-state index contributed by atoms with van der Waals surface area (Å²) in [7, 11) is 3.35. The molecule has 0 heterocycles. The second-order valence-electron chi connectivity index (χ2n) is 6.84. The Labute approximate surface area is 153 Å². The van der Waals surface area contributed by atoms with Crippen LogP contribution in [-0.2, 0) is 9.53 Å². The highest BCUT2D eigenvalue weighted by Crippen LogP contribution is 2.28. The number of carbonyl (C=O) groups is 2. The van der Waals surface area contributed by atoms with Gasteiger partial charge in [0.05, 0.1) is 10.5 Å². The summed E-state index contributed by atoms with van der Waals surface area (Å²) in [5.41, 5.74) is 0.207. The lowest BCUT2D eigenvalue weighted by Gasteiger charge is -2.32. The first-order valence-electron chi connectivity index (χ1n) is 8.46. The maximum Gasteiger partial charge on any atom is 0.339 e. The maximum atomic E-state index is 12.5. The topological polar surface area (TPSA) is 93.0 Å². The van der Waals surface area contributed by atoms with E-state index in [1.807, 2.05) is 27.7 Å². The highest BCUT2D eigenvalue weighted by Gasteiger charge is 2.28. The molecule has 0 saturated carbocycles. The molecule has 1 aromatic rings. The number of benzene rings is 1. The predicted octanol–water partition coefficient (Wildman–Crippen LogP) is 2.85. The van der Waals surface area contributed by atoms with Crippen molar-refractivity contribution in [1.29, 1.82) is 0 Å². The minimum absolute atomic E-state index is 0.0302. The molecule has 0 aliphatic carbocycles. The summed E-state index contributed by atoms with van der Waals surface area (Å²) in [6, 6.07) is 4.02. The number of nitrogens with zero attached hydrogens (tertiary/aromatic N) is 3. The van der Waals surface area contributed by atoms with Gasteiger partial charge in [0.1, 0.15) is 5.69 Å². The molecule has 0 bridgehead atoms. The molecule has 0 N–H and O–H groups in total. The molecular formula is C18H27N3O5. The highest BCUT2D eigenvalue weighted by molar-refractivity contribution is 5.93. The Morgan fingerprint density at radius 1 is 1.08 bits per heavy atom. The molecule has 144 valence electrons. The molecule has 0 spiro atoms. The second-order valence-corrected chi connectivity index (χ2v) is 6.84. The van der Waals surface area contributed by atoms with Crippen molar-refractivity contribution in [2.24, 2.45) is 0 Å². The van der Waals surface area contributed by atoms with Crippen LogP contribution >= 0.6 is 0 Å². The molecule has 0 radical (unpaired) electrons. The summed E-state index contributed by atoms with van der Waals surface area (Å²) >= 11 is 0. The van der Waals surface area contributed by atoms with E-state index >= 15 is 0 Å². The lowest BCUT2D eigenvalue weighted by Crippen LogP contribution is -2.47. The number of carbonyl (C=O) groups excluding carboxylic acids is 2. The van der Waals surface area contributed by atoms with Crippen LogP contribution in [0.1, 0.15) is 45.0 Å². The third kappa shape index (κ3) is 4.93. The lowest BCUT2D eigenvalue weighted by atomic mass is 10.1. The quantitative estimate of drug-likeness (QED) is 0.419. The third-order valence-electron chi connectivity index (χ3n) is 3.89.